The number of esters is 1. The van der Waals surface area contributed by atoms with E-state index in [2.05, 4.69) is 19.2 Å². The zero-order valence-electron chi connectivity index (χ0n) is 13.7. The van der Waals surface area contributed by atoms with E-state index in [1.807, 2.05) is 18.4 Å². The highest BCUT2D eigenvalue weighted by atomic mass is 32.1. The van der Waals surface area contributed by atoms with Crippen molar-refractivity contribution in [1.82, 2.24) is 5.32 Å². The second-order valence-electron chi connectivity index (χ2n) is 6.36. The molecule has 1 aromatic rings. The summed E-state index contributed by atoms with van der Waals surface area (Å²) < 4.78 is 5.30. The molecule has 1 aliphatic rings. The van der Waals surface area contributed by atoms with Crippen LogP contribution < -0.4 is 5.32 Å². The Morgan fingerprint density at radius 2 is 2.09 bits per heavy atom. The van der Waals surface area contributed by atoms with Crippen LogP contribution in [0.2, 0.25) is 0 Å². The van der Waals surface area contributed by atoms with Crippen molar-refractivity contribution in [2.45, 2.75) is 59.1 Å². The summed E-state index contributed by atoms with van der Waals surface area (Å²) in [5, 5.41) is 4.90. The average Bonchev–Trinajstić information content (AvgIpc) is 2.90. The van der Waals surface area contributed by atoms with Gasteiger partial charge in [-0.2, -0.15) is 0 Å². The molecule has 1 aliphatic carbocycles. The highest BCUT2D eigenvalue weighted by Crippen LogP contribution is 2.29. The van der Waals surface area contributed by atoms with Crippen LogP contribution in [0, 0.1) is 18.8 Å². The minimum absolute atomic E-state index is 0.181. The van der Waals surface area contributed by atoms with Crippen LogP contribution in [-0.4, -0.2) is 24.0 Å². The third-order valence-corrected chi connectivity index (χ3v) is 5.73. The molecular formula is C17H25NO3S. The lowest BCUT2D eigenvalue weighted by Crippen LogP contribution is -2.47. The number of hydrogen-bond donors (Lipinski definition) is 1. The summed E-state index contributed by atoms with van der Waals surface area (Å²) in [5.74, 6) is 0.458. The lowest BCUT2D eigenvalue weighted by molar-refractivity contribution is -0.130. The van der Waals surface area contributed by atoms with Gasteiger partial charge in [0.2, 0.25) is 0 Å². The SMILES string of the molecule is Cc1ccsc1C(=O)O[C@@H](C)C(=O)N[C@H]1CCC[C@H](C)[C@@H]1C. The zero-order chi connectivity index (χ0) is 16.3. The van der Waals surface area contributed by atoms with Crippen LogP contribution in [0.1, 0.15) is 55.3 Å². The Morgan fingerprint density at radius 3 is 2.73 bits per heavy atom. The van der Waals surface area contributed by atoms with Crippen LogP contribution >= 0.6 is 11.3 Å². The van der Waals surface area contributed by atoms with Gasteiger partial charge in [0.05, 0.1) is 0 Å². The van der Waals surface area contributed by atoms with Gasteiger partial charge >= 0.3 is 5.97 Å². The van der Waals surface area contributed by atoms with Crippen LogP contribution in [0.4, 0.5) is 0 Å². The molecule has 0 unspecified atom stereocenters. The van der Waals surface area contributed by atoms with E-state index >= 15 is 0 Å². The fourth-order valence-corrected chi connectivity index (χ4v) is 3.74. The minimum Gasteiger partial charge on any atom is -0.448 e. The van der Waals surface area contributed by atoms with Gasteiger partial charge in [-0.15, -0.1) is 11.3 Å². The van der Waals surface area contributed by atoms with Gasteiger partial charge in [-0.3, -0.25) is 4.79 Å². The molecule has 5 heteroatoms. The molecule has 122 valence electrons. The fraction of sp³-hybridized carbons (Fsp3) is 0.647. The number of ether oxygens (including phenoxy) is 1. The van der Waals surface area contributed by atoms with Crippen LogP contribution in [0.3, 0.4) is 0 Å². The number of rotatable bonds is 4. The Morgan fingerprint density at radius 1 is 1.36 bits per heavy atom. The molecule has 0 aromatic carbocycles. The van der Waals surface area contributed by atoms with E-state index in [0.29, 0.717) is 16.7 Å². The predicted molar refractivity (Wildman–Crippen MR) is 88.0 cm³/mol. The van der Waals surface area contributed by atoms with Gasteiger partial charge in [0.1, 0.15) is 4.88 Å². The summed E-state index contributed by atoms with van der Waals surface area (Å²) in [7, 11) is 0. The maximum absolute atomic E-state index is 12.3. The van der Waals surface area contributed by atoms with Crippen molar-refractivity contribution in [2.24, 2.45) is 11.8 Å². The molecule has 0 bridgehead atoms. The Kier molecular flexibility index (Phi) is 5.62. The Hall–Kier alpha value is -1.36. The molecule has 0 spiro atoms. The maximum atomic E-state index is 12.3. The van der Waals surface area contributed by atoms with Gasteiger partial charge in [0.25, 0.3) is 5.91 Å². The van der Waals surface area contributed by atoms with E-state index in [4.69, 9.17) is 4.74 Å². The number of carbonyl (C=O) groups is 2. The highest BCUT2D eigenvalue weighted by molar-refractivity contribution is 7.12. The molecule has 22 heavy (non-hydrogen) atoms. The largest absolute Gasteiger partial charge is 0.448 e. The van der Waals surface area contributed by atoms with E-state index in [1.165, 1.54) is 17.8 Å². The van der Waals surface area contributed by atoms with Crippen LogP contribution in [0.5, 0.6) is 0 Å². The topological polar surface area (TPSA) is 55.4 Å². The van der Waals surface area contributed by atoms with Gasteiger partial charge in [-0.25, -0.2) is 4.79 Å². The molecule has 4 atom stereocenters. The second-order valence-corrected chi connectivity index (χ2v) is 7.28. The summed E-state index contributed by atoms with van der Waals surface area (Å²) in [4.78, 5) is 24.9. The van der Waals surface area contributed by atoms with Crippen molar-refractivity contribution in [2.75, 3.05) is 0 Å². The van der Waals surface area contributed by atoms with Crippen molar-refractivity contribution < 1.29 is 14.3 Å². The number of hydrogen-bond acceptors (Lipinski definition) is 4. The molecule has 1 amide bonds. The highest BCUT2D eigenvalue weighted by Gasteiger charge is 2.30. The van der Waals surface area contributed by atoms with Crippen molar-refractivity contribution >= 4 is 23.2 Å². The van der Waals surface area contributed by atoms with Crippen LogP contribution in [-0.2, 0) is 9.53 Å². The van der Waals surface area contributed by atoms with E-state index < -0.39 is 12.1 Å². The van der Waals surface area contributed by atoms with Gasteiger partial charge in [-0.05, 0) is 49.1 Å². The molecule has 1 heterocycles. The number of aryl methyl sites for hydroxylation is 1. The quantitative estimate of drug-likeness (QED) is 0.862. The summed E-state index contributed by atoms with van der Waals surface area (Å²) in [6.45, 7) is 7.91. The molecule has 2 rings (SSSR count). The Bertz CT molecular complexity index is 540. The normalized spacial score (nSPS) is 26.3. The zero-order valence-corrected chi connectivity index (χ0v) is 14.5. The summed E-state index contributed by atoms with van der Waals surface area (Å²) in [6.07, 6.45) is 2.59. The molecule has 0 saturated heterocycles. The molecule has 0 aliphatic heterocycles. The van der Waals surface area contributed by atoms with Crippen LogP contribution in [0.15, 0.2) is 11.4 Å². The lowest BCUT2D eigenvalue weighted by Gasteiger charge is -2.35. The standard InChI is InChI=1S/C17H25NO3S/c1-10-6-5-7-14(12(10)3)18-16(19)13(4)21-17(20)15-11(2)8-9-22-15/h8-10,12-14H,5-7H2,1-4H3,(H,18,19)/t10-,12-,13-,14-/m0/s1. The first kappa shape index (κ1) is 17.0. The van der Waals surface area contributed by atoms with E-state index in [1.54, 1.807) is 6.92 Å². The molecule has 4 nitrogen and oxygen atoms in total. The smallest absolute Gasteiger partial charge is 0.349 e. The number of nitrogens with one attached hydrogen (secondary N) is 1. The van der Waals surface area contributed by atoms with Crippen molar-refractivity contribution in [3.05, 3.63) is 21.9 Å². The molecule has 1 fully saturated rings. The number of amides is 1. The van der Waals surface area contributed by atoms with Gasteiger partial charge in [0.15, 0.2) is 6.10 Å². The maximum Gasteiger partial charge on any atom is 0.349 e. The van der Waals surface area contributed by atoms with Crippen LogP contribution in [0.25, 0.3) is 0 Å². The lowest BCUT2D eigenvalue weighted by atomic mass is 9.78. The van der Waals surface area contributed by atoms with Gasteiger partial charge < -0.3 is 10.1 Å². The van der Waals surface area contributed by atoms with E-state index in [0.717, 1.165) is 18.4 Å². The average molecular weight is 323 g/mol. The number of carbonyl (C=O) groups excluding carboxylic acids is 2. The molecule has 1 saturated carbocycles. The Balaban J connectivity index is 1.89. The summed E-state index contributed by atoms with van der Waals surface area (Å²) in [5.41, 5.74) is 0.886. The fourth-order valence-electron chi connectivity index (χ4n) is 2.94. The van der Waals surface area contributed by atoms with Crippen molar-refractivity contribution in [3.8, 4) is 0 Å². The van der Waals surface area contributed by atoms with E-state index in [9.17, 15) is 9.59 Å². The first-order valence-corrected chi connectivity index (χ1v) is 8.83. The molecule has 1 N–H and O–H groups in total. The molecule has 0 radical (unpaired) electrons. The predicted octanol–water partition coefficient (Wildman–Crippen LogP) is 3.54. The van der Waals surface area contributed by atoms with Crippen molar-refractivity contribution in [3.63, 3.8) is 0 Å². The first-order valence-electron chi connectivity index (χ1n) is 7.95. The first-order chi connectivity index (χ1) is 10.4. The molecule has 1 aromatic heterocycles. The second kappa shape index (κ2) is 7.27. The third kappa shape index (κ3) is 3.88. The van der Waals surface area contributed by atoms with E-state index in [-0.39, 0.29) is 11.9 Å². The monoisotopic (exact) mass is 323 g/mol. The van der Waals surface area contributed by atoms with Gasteiger partial charge in [0, 0.05) is 6.04 Å². The summed E-state index contributed by atoms with van der Waals surface area (Å²) in [6, 6.07) is 2.05. The van der Waals surface area contributed by atoms with Crippen molar-refractivity contribution in [1.29, 1.82) is 0 Å². The molecular weight excluding hydrogens is 298 g/mol. The van der Waals surface area contributed by atoms with Gasteiger partial charge in [-0.1, -0.05) is 26.7 Å². The third-order valence-electron chi connectivity index (χ3n) is 4.74. The number of thiophene rings is 1. The summed E-state index contributed by atoms with van der Waals surface area (Å²) >= 11 is 1.34. The minimum atomic E-state index is -0.765. The Labute approximate surface area is 136 Å².